The van der Waals surface area contributed by atoms with Gasteiger partial charge in [0, 0.05) is 24.2 Å². The highest BCUT2D eigenvalue weighted by atomic mass is 35.5. The maximum Gasteiger partial charge on any atom is 0.129 e. The molecule has 0 amide bonds. The van der Waals surface area contributed by atoms with Crippen molar-refractivity contribution in [2.75, 3.05) is 13.2 Å². The van der Waals surface area contributed by atoms with Crippen LogP contribution in [-0.2, 0) is 11.3 Å². The fraction of sp³-hybridized carbons (Fsp3) is 0.476. The standard InChI is InChI=1S/C21H28N2O.ClH/c1-15(2)23(16(3)4)13-14-24-22-21-12-11-19-18-8-6-5-7-17(18)9-10-20(19)21;/h5-10,15-16H,11-14H2,1-4H3;1H/b22-21-;. The fourth-order valence-corrected chi connectivity index (χ4v) is 3.73. The third-order valence-corrected chi connectivity index (χ3v) is 4.91. The molecule has 136 valence electrons. The molecule has 1 aliphatic rings. The van der Waals surface area contributed by atoms with E-state index in [1.807, 2.05) is 0 Å². The Balaban J connectivity index is 0.00000225. The summed E-state index contributed by atoms with van der Waals surface area (Å²) in [7, 11) is 0. The SMILES string of the molecule is CC(C)N(CCO/N=C1/CCc2c1ccc1ccccc21)C(C)C.Cl. The smallest absolute Gasteiger partial charge is 0.129 e. The number of nitrogens with zero attached hydrogens (tertiary/aromatic N) is 2. The predicted molar refractivity (Wildman–Crippen MR) is 109 cm³/mol. The molecule has 2 aromatic rings. The minimum atomic E-state index is 0. The maximum atomic E-state index is 5.66. The quantitative estimate of drug-likeness (QED) is 0.532. The third kappa shape index (κ3) is 4.34. The number of rotatable bonds is 6. The van der Waals surface area contributed by atoms with Gasteiger partial charge in [-0.1, -0.05) is 41.6 Å². The molecule has 0 bridgehead atoms. The van der Waals surface area contributed by atoms with Crippen LogP contribution in [0, 0.1) is 0 Å². The molecule has 0 atom stereocenters. The van der Waals surface area contributed by atoms with Crippen molar-refractivity contribution in [2.24, 2.45) is 5.16 Å². The predicted octanol–water partition coefficient (Wildman–Crippen LogP) is 5.05. The second kappa shape index (κ2) is 8.68. The summed E-state index contributed by atoms with van der Waals surface area (Å²) in [6, 6.07) is 14.0. The highest BCUT2D eigenvalue weighted by Crippen LogP contribution is 2.30. The van der Waals surface area contributed by atoms with Gasteiger partial charge in [0.1, 0.15) is 6.61 Å². The van der Waals surface area contributed by atoms with E-state index in [2.05, 4.69) is 74.1 Å². The van der Waals surface area contributed by atoms with Crippen molar-refractivity contribution in [3.8, 4) is 0 Å². The third-order valence-electron chi connectivity index (χ3n) is 4.91. The van der Waals surface area contributed by atoms with Crippen LogP contribution >= 0.6 is 12.4 Å². The Morgan fingerprint density at radius 1 is 1.00 bits per heavy atom. The number of fused-ring (bicyclic) bond motifs is 3. The van der Waals surface area contributed by atoms with Crippen molar-refractivity contribution < 1.29 is 4.84 Å². The van der Waals surface area contributed by atoms with E-state index in [1.165, 1.54) is 21.9 Å². The molecule has 4 heteroatoms. The van der Waals surface area contributed by atoms with Gasteiger partial charge in [-0.05, 0) is 56.9 Å². The molecule has 0 saturated heterocycles. The Hall–Kier alpha value is -1.58. The second-order valence-electron chi connectivity index (χ2n) is 7.11. The molecule has 0 fully saturated rings. The second-order valence-corrected chi connectivity index (χ2v) is 7.11. The van der Waals surface area contributed by atoms with E-state index in [0.29, 0.717) is 18.7 Å². The summed E-state index contributed by atoms with van der Waals surface area (Å²) in [5.41, 5.74) is 3.77. The summed E-state index contributed by atoms with van der Waals surface area (Å²) in [5.74, 6) is 0. The lowest BCUT2D eigenvalue weighted by atomic mass is 10.0. The van der Waals surface area contributed by atoms with Gasteiger partial charge in [0.05, 0.1) is 5.71 Å². The van der Waals surface area contributed by atoms with E-state index < -0.39 is 0 Å². The molecule has 1 aliphatic carbocycles. The minimum absolute atomic E-state index is 0. The Bertz CT molecular complexity index is 732. The lowest BCUT2D eigenvalue weighted by Crippen LogP contribution is -2.39. The van der Waals surface area contributed by atoms with Crippen molar-refractivity contribution in [2.45, 2.75) is 52.6 Å². The van der Waals surface area contributed by atoms with Gasteiger partial charge in [-0.15, -0.1) is 12.4 Å². The molecule has 0 heterocycles. The number of oxime groups is 1. The van der Waals surface area contributed by atoms with E-state index in [9.17, 15) is 0 Å². The Labute approximate surface area is 157 Å². The monoisotopic (exact) mass is 360 g/mol. The zero-order valence-corrected chi connectivity index (χ0v) is 16.5. The van der Waals surface area contributed by atoms with E-state index in [-0.39, 0.29) is 12.4 Å². The van der Waals surface area contributed by atoms with Gasteiger partial charge in [-0.3, -0.25) is 4.90 Å². The normalized spacial score (nSPS) is 15.2. The lowest BCUT2D eigenvalue weighted by Gasteiger charge is -2.29. The number of hydrogen-bond acceptors (Lipinski definition) is 3. The van der Waals surface area contributed by atoms with Gasteiger partial charge in [-0.25, -0.2) is 0 Å². The number of aryl methyl sites for hydroxylation is 1. The first-order valence-electron chi connectivity index (χ1n) is 9.03. The van der Waals surface area contributed by atoms with Crippen LogP contribution in [0.3, 0.4) is 0 Å². The summed E-state index contributed by atoms with van der Waals surface area (Å²) in [4.78, 5) is 8.09. The summed E-state index contributed by atoms with van der Waals surface area (Å²) >= 11 is 0. The molecule has 25 heavy (non-hydrogen) atoms. The first-order chi connectivity index (χ1) is 11.6. The molecule has 0 unspecified atom stereocenters. The average molecular weight is 361 g/mol. The molecular formula is C21H29ClN2O. The fourth-order valence-electron chi connectivity index (χ4n) is 3.73. The van der Waals surface area contributed by atoms with Crippen LogP contribution in [0.4, 0.5) is 0 Å². The highest BCUT2D eigenvalue weighted by molar-refractivity contribution is 6.08. The van der Waals surface area contributed by atoms with Crippen LogP contribution in [0.15, 0.2) is 41.6 Å². The lowest BCUT2D eigenvalue weighted by molar-refractivity contribution is 0.0827. The molecule has 0 radical (unpaired) electrons. The summed E-state index contributed by atoms with van der Waals surface area (Å²) in [5, 5.41) is 7.11. The highest BCUT2D eigenvalue weighted by Gasteiger charge is 2.20. The largest absolute Gasteiger partial charge is 0.394 e. The van der Waals surface area contributed by atoms with Gasteiger partial charge in [0.2, 0.25) is 0 Å². The Morgan fingerprint density at radius 3 is 2.44 bits per heavy atom. The molecule has 3 rings (SSSR count). The van der Waals surface area contributed by atoms with Gasteiger partial charge in [0.15, 0.2) is 0 Å². The average Bonchev–Trinajstić information content (AvgIpc) is 2.97. The number of halogens is 1. The molecule has 0 N–H and O–H groups in total. The zero-order chi connectivity index (χ0) is 17.1. The van der Waals surface area contributed by atoms with Crippen LogP contribution in [0.2, 0.25) is 0 Å². The summed E-state index contributed by atoms with van der Waals surface area (Å²) in [6.45, 7) is 10.5. The zero-order valence-electron chi connectivity index (χ0n) is 15.7. The Morgan fingerprint density at radius 2 is 1.72 bits per heavy atom. The summed E-state index contributed by atoms with van der Waals surface area (Å²) in [6.07, 6.45) is 2.03. The number of hydrogen-bond donors (Lipinski definition) is 0. The molecule has 2 aromatic carbocycles. The van der Waals surface area contributed by atoms with Crippen molar-refractivity contribution in [1.82, 2.24) is 4.90 Å². The molecule has 0 spiro atoms. The van der Waals surface area contributed by atoms with Crippen molar-refractivity contribution in [1.29, 1.82) is 0 Å². The van der Waals surface area contributed by atoms with Gasteiger partial charge in [-0.2, -0.15) is 0 Å². The van der Waals surface area contributed by atoms with Crippen molar-refractivity contribution in [3.63, 3.8) is 0 Å². The molecule has 0 aliphatic heterocycles. The molecule has 0 aromatic heterocycles. The van der Waals surface area contributed by atoms with Crippen molar-refractivity contribution in [3.05, 3.63) is 47.5 Å². The van der Waals surface area contributed by atoms with E-state index in [1.54, 1.807) is 0 Å². The van der Waals surface area contributed by atoms with Gasteiger partial charge in [0.25, 0.3) is 0 Å². The van der Waals surface area contributed by atoms with Crippen LogP contribution in [0.5, 0.6) is 0 Å². The van der Waals surface area contributed by atoms with Crippen LogP contribution < -0.4 is 0 Å². The molecular weight excluding hydrogens is 332 g/mol. The van der Waals surface area contributed by atoms with E-state index in [4.69, 9.17) is 4.84 Å². The van der Waals surface area contributed by atoms with Crippen LogP contribution in [0.25, 0.3) is 10.8 Å². The topological polar surface area (TPSA) is 24.8 Å². The number of benzene rings is 2. The maximum absolute atomic E-state index is 5.66. The summed E-state index contributed by atoms with van der Waals surface area (Å²) < 4.78 is 0. The van der Waals surface area contributed by atoms with E-state index in [0.717, 1.165) is 25.1 Å². The first-order valence-corrected chi connectivity index (χ1v) is 9.03. The van der Waals surface area contributed by atoms with Crippen molar-refractivity contribution >= 4 is 28.9 Å². The van der Waals surface area contributed by atoms with Gasteiger partial charge >= 0.3 is 0 Å². The molecule has 3 nitrogen and oxygen atoms in total. The Kier molecular flexibility index (Phi) is 6.86. The van der Waals surface area contributed by atoms with E-state index >= 15 is 0 Å². The van der Waals surface area contributed by atoms with Crippen LogP contribution in [-0.4, -0.2) is 35.8 Å². The van der Waals surface area contributed by atoms with Crippen LogP contribution in [0.1, 0.15) is 45.2 Å². The van der Waals surface area contributed by atoms with Gasteiger partial charge < -0.3 is 4.84 Å². The first kappa shape index (κ1) is 19.7. The molecule has 0 saturated carbocycles. The minimum Gasteiger partial charge on any atom is -0.394 e.